The van der Waals surface area contributed by atoms with Crippen LogP contribution in [0.4, 0.5) is 8.78 Å². The number of fused-ring (bicyclic) bond motifs is 1. The van der Waals surface area contributed by atoms with Gasteiger partial charge in [0.1, 0.15) is 0 Å². The third kappa shape index (κ3) is 1.15. The predicted molar refractivity (Wildman–Crippen MR) is 50.5 cm³/mol. The van der Waals surface area contributed by atoms with Gasteiger partial charge in [-0.25, -0.2) is 8.78 Å². The van der Waals surface area contributed by atoms with E-state index in [0.29, 0.717) is 12.0 Å². The minimum Gasteiger partial charge on any atom is -0.264 e. The van der Waals surface area contributed by atoms with Crippen molar-refractivity contribution >= 4 is 0 Å². The maximum Gasteiger partial charge on any atom is 0.257 e. The average molecular weight is 197 g/mol. The molecular weight excluding hydrogens is 184 g/mol. The smallest absolute Gasteiger partial charge is 0.257 e. The number of alkyl halides is 2. The molecule has 0 aliphatic heterocycles. The summed E-state index contributed by atoms with van der Waals surface area (Å²) < 4.78 is 27.3. The number of rotatable bonds is 0. The quantitative estimate of drug-likeness (QED) is 0.623. The zero-order valence-electron chi connectivity index (χ0n) is 8.35. The summed E-state index contributed by atoms with van der Waals surface area (Å²) in [4.78, 5) is 3.93. The van der Waals surface area contributed by atoms with Crippen molar-refractivity contribution < 1.29 is 8.78 Å². The van der Waals surface area contributed by atoms with E-state index in [0.717, 1.165) is 5.56 Å². The van der Waals surface area contributed by atoms with Crippen molar-refractivity contribution in [3.05, 3.63) is 29.6 Å². The second-order valence-corrected chi connectivity index (χ2v) is 4.36. The molecule has 14 heavy (non-hydrogen) atoms. The van der Waals surface area contributed by atoms with Crippen molar-refractivity contribution in [1.29, 1.82) is 0 Å². The first-order valence-electron chi connectivity index (χ1n) is 4.76. The van der Waals surface area contributed by atoms with Crippen molar-refractivity contribution in [2.75, 3.05) is 0 Å². The van der Waals surface area contributed by atoms with Crippen LogP contribution in [0.2, 0.25) is 0 Å². The van der Waals surface area contributed by atoms with Gasteiger partial charge in [-0.15, -0.1) is 0 Å². The Morgan fingerprint density at radius 1 is 1.36 bits per heavy atom. The molecule has 0 saturated carbocycles. The number of hydrogen-bond acceptors (Lipinski definition) is 1. The molecule has 0 atom stereocenters. The zero-order chi connectivity index (χ0) is 10.4. The standard InChI is InChI=1S/C11H13F2N/c1-10(2)9-7-14-6-4-8(9)3-5-11(10,12)13/h4,6-7H,3,5H2,1-2H3. The van der Waals surface area contributed by atoms with Crippen LogP contribution in [0.1, 0.15) is 31.4 Å². The summed E-state index contributed by atoms with van der Waals surface area (Å²) >= 11 is 0. The van der Waals surface area contributed by atoms with Gasteiger partial charge in [-0.1, -0.05) is 0 Å². The first kappa shape index (κ1) is 9.56. The van der Waals surface area contributed by atoms with E-state index in [2.05, 4.69) is 4.98 Å². The normalized spacial score (nSPS) is 22.9. The van der Waals surface area contributed by atoms with Gasteiger partial charge in [0.15, 0.2) is 0 Å². The summed E-state index contributed by atoms with van der Waals surface area (Å²) in [6.07, 6.45) is 3.63. The molecule has 0 N–H and O–H groups in total. The Balaban J connectivity index is 2.57. The number of halogens is 2. The summed E-state index contributed by atoms with van der Waals surface area (Å²) in [5.74, 6) is -2.62. The fourth-order valence-corrected chi connectivity index (χ4v) is 2.01. The zero-order valence-corrected chi connectivity index (χ0v) is 8.35. The summed E-state index contributed by atoms with van der Waals surface area (Å²) in [5.41, 5.74) is 0.613. The molecule has 1 aromatic rings. The highest BCUT2D eigenvalue weighted by Gasteiger charge is 2.50. The second kappa shape index (κ2) is 2.75. The SMILES string of the molecule is CC1(C)c2cnccc2CCC1(F)F. The lowest BCUT2D eigenvalue weighted by Gasteiger charge is -2.39. The fourth-order valence-electron chi connectivity index (χ4n) is 2.01. The van der Waals surface area contributed by atoms with E-state index in [9.17, 15) is 8.78 Å². The summed E-state index contributed by atoms with van der Waals surface area (Å²) in [7, 11) is 0. The summed E-state index contributed by atoms with van der Waals surface area (Å²) in [5, 5.41) is 0. The van der Waals surface area contributed by atoms with E-state index >= 15 is 0 Å². The lowest BCUT2D eigenvalue weighted by atomic mass is 9.71. The van der Waals surface area contributed by atoms with Gasteiger partial charge in [0, 0.05) is 18.8 Å². The van der Waals surface area contributed by atoms with Crippen molar-refractivity contribution in [3.63, 3.8) is 0 Å². The Morgan fingerprint density at radius 3 is 2.79 bits per heavy atom. The van der Waals surface area contributed by atoms with Crippen molar-refractivity contribution in [2.24, 2.45) is 0 Å². The minimum absolute atomic E-state index is 0.0585. The first-order valence-corrected chi connectivity index (χ1v) is 4.76. The Bertz CT molecular complexity index is 358. The second-order valence-electron chi connectivity index (χ2n) is 4.36. The van der Waals surface area contributed by atoms with Crippen LogP contribution in [0.5, 0.6) is 0 Å². The van der Waals surface area contributed by atoms with Crippen molar-refractivity contribution in [3.8, 4) is 0 Å². The largest absolute Gasteiger partial charge is 0.264 e. The van der Waals surface area contributed by atoms with E-state index in [1.165, 1.54) is 0 Å². The molecule has 0 saturated heterocycles. The highest BCUT2D eigenvalue weighted by atomic mass is 19.3. The van der Waals surface area contributed by atoms with Gasteiger partial charge >= 0.3 is 0 Å². The van der Waals surface area contributed by atoms with Gasteiger partial charge in [-0.2, -0.15) is 0 Å². The molecule has 0 spiro atoms. The van der Waals surface area contributed by atoms with Crippen LogP contribution < -0.4 is 0 Å². The van der Waals surface area contributed by atoms with Gasteiger partial charge < -0.3 is 0 Å². The molecular formula is C11H13F2N. The van der Waals surface area contributed by atoms with Crippen molar-refractivity contribution in [2.45, 2.75) is 38.0 Å². The molecule has 1 aliphatic carbocycles. The molecule has 3 heteroatoms. The van der Waals surface area contributed by atoms with Crippen LogP contribution in [0, 0.1) is 0 Å². The van der Waals surface area contributed by atoms with Crippen LogP contribution in [-0.2, 0) is 11.8 Å². The number of hydrogen-bond donors (Lipinski definition) is 0. The minimum atomic E-state index is -2.62. The molecule has 0 bridgehead atoms. The average Bonchev–Trinajstić information content (AvgIpc) is 2.13. The fraction of sp³-hybridized carbons (Fsp3) is 0.545. The van der Waals surface area contributed by atoms with Crippen LogP contribution in [0.15, 0.2) is 18.5 Å². The molecule has 1 nitrogen and oxygen atoms in total. The molecule has 1 heterocycles. The van der Waals surface area contributed by atoms with Gasteiger partial charge in [-0.05, 0) is 37.5 Å². The molecule has 1 aliphatic rings. The highest BCUT2D eigenvalue weighted by Crippen LogP contribution is 2.46. The molecule has 0 aromatic carbocycles. The Hall–Kier alpha value is -0.990. The maximum atomic E-state index is 13.6. The van der Waals surface area contributed by atoms with Gasteiger partial charge in [-0.3, -0.25) is 4.98 Å². The summed E-state index contributed by atoms with van der Waals surface area (Å²) in [6, 6.07) is 1.84. The van der Waals surface area contributed by atoms with Gasteiger partial charge in [0.2, 0.25) is 0 Å². The topological polar surface area (TPSA) is 12.9 Å². The lowest BCUT2D eigenvalue weighted by molar-refractivity contribution is -0.0786. The molecule has 1 aromatic heterocycles. The number of aromatic nitrogens is 1. The number of aryl methyl sites for hydroxylation is 1. The Kier molecular flexibility index (Phi) is 1.88. The molecule has 0 unspecified atom stereocenters. The maximum absolute atomic E-state index is 13.6. The molecule has 76 valence electrons. The molecule has 0 radical (unpaired) electrons. The third-order valence-electron chi connectivity index (χ3n) is 3.21. The van der Waals surface area contributed by atoms with Crippen molar-refractivity contribution in [1.82, 2.24) is 4.98 Å². The van der Waals surface area contributed by atoms with E-state index < -0.39 is 11.3 Å². The van der Waals surface area contributed by atoms with E-state index in [-0.39, 0.29) is 6.42 Å². The Morgan fingerprint density at radius 2 is 2.07 bits per heavy atom. The Labute approximate surface area is 82.2 Å². The van der Waals surface area contributed by atoms with E-state index in [4.69, 9.17) is 0 Å². The highest BCUT2D eigenvalue weighted by molar-refractivity contribution is 5.35. The van der Waals surface area contributed by atoms with Crippen LogP contribution in [0.25, 0.3) is 0 Å². The number of nitrogens with zero attached hydrogens (tertiary/aromatic N) is 1. The van der Waals surface area contributed by atoms with Crippen LogP contribution in [-0.4, -0.2) is 10.9 Å². The third-order valence-corrected chi connectivity index (χ3v) is 3.21. The summed E-state index contributed by atoms with van der Waals surface area (Å²) in [6.45, 7) is 3.18. The molecule has 2 rings (SSSR count). The van der Waals surface area contributed by atoms with Crippen LogP contribution in [0.3, 0.4) is 0 Å². The molecule has 0 amide bonds. The van der Waals surface area contributed by atoms with Gasteiger partial charge in [0.05, 0.1) is 5.41 Å². The molecule has 0 fully saturated rings. The number of pyridine rings is 1. The van der Waals surface area contributed by atoms with E-state index in [1.807, 2.05) is 6.07 Å². The van der Waals surface area contributed by atoms with Gasteiger partial charge in [0.25, 0.3) is 5.92 Å². The lowest BCUT2D eigenvalue weighted by Crippen LogP contribution is -2.44. The van der Waals surface area contributed by atoms with E-state index in [1.54, 1.807) is 26.2 Å². The predicted octanol–water partition coefficient (Wildman–Crippen LogP) is 2.94. The monoisotopic (exact) mass is 197 g/mol. The first-order chi connectivity index (χ1) is 6.45. The van der Waals surface area contributed by atoms with Crippen LogP contribution >= 0.6 is 0 Å².